The van der Waals surface area contributed by atoms with Gasteiger partial charge in [0.2, 0.25) is 5.91 Å². The highest BCUT2D eigenvalue weighted by Gasteiger charge is 2.17. The van der Waals surface area contributed by atoms with Crippen LogP contribution in [0.2, 0.25) is 0 Å². The van der Waals surface area contributed by atoms with Crippen LogP contribution in [-0.4, -0.2) is 20.9 Å². The lowest BCUT2D eigenvalue weighted by Gasteiger charge is -2.09. The third-order valence-electron chi connectivity index (χ3n) is 3.27. The summed E-state index contributed by atoms with van der Waals surface area (Å²) in [7, 11) is 1.55. The number of hydrogen-bond donors (Lipinski definition) is 1. The highest BCUT2D eigenvalue weighted by atomic mass is 35.7. The van der Waals surface area contributed by atoms with Crippen molar-refractivity contribution in [1.29, 1.82) is 0 Å². The quantitative estimate of drug-likeness (QED) is 0.848. The van der Waals surface area contributed by atoms with E-state index in [1.165, 1.54) is 31.7 Å². The maximum absolute atomic E-state index is 11.7. The summed E-state index contributed by atoms with van der Waals surface area (Å²) >= 11 is 1.05. The summed E-state index contributed by atoms with van der Waals surface area (Å²) in [6.07, 6.45) is 5.09. The van der Waals surface area contributed by atoms with Gasteiger partial charge in [-0.05, 0) is 30.9 Å². The van der Waals surface area contributed by atoms with Gasteiger partial charge < -0.3 is 5.32 Å². The highest BCUT2D eigenvalue weighted by Crippen LogP contribution is 2.25. The zero-order chi connectivity index (χ0) is 13.9. The second kappa shape index (κ2) is 6.24. The monoisotopic (exact) mass is 321 g/mol. The molecule has 1 aliphatic rings. The van der Waals surface area contributed by atoms with Gasteiger partial charge in [0.05, 0.1) is 6.42 Å². The molecule has 1 N–H and O–H groups in total. The highest BCUT2D eigenvalue weighted by molar-refractivity contribution is 8.15. The van der Waals surface area contributed by atoms with Crippen molar-refractivity contribution in [3.63, 3.8) is 0 Å². The first-order chi connectivity index (χ1) is 8.95. The second-order valence-corrected chi connectivity index (χ2v) is 8.75. The van der Waals surface area contributed by atoms with E-state index in [0.717, 1.165) is 17.9 Å². The van der Waals surface area contributed by atoms with Crippen molar-refractivity contribution in [1.82, 2.24) is 5.32 Å². The van der Waals surface area contributed by atoms with E-state index in [9.17, 15) is 13.2 Å². The number of hydrogen-bond acceptors (Lipinski definition) is 4. The fraction of sp³-hybridized carbons (Fsp3) is 0.583. The number of carbonyl (C=O) groups is 1. The summed E-state index contributed by atoms with van der Waals surface area (Å²) in [5.41, 5.74) is 0. The van der Waals surface area contributed by atoms with Crippen molar-refractivity contribution in [2.24, 2.45) is 5.92 Å². The van der Waals surface area contributed by atoms with Crippen LogP contribution in [0.1, 0.15) is 30.6 Å². The van der Waals surface area contributed by atoms with Gasteiger partial charge in [0.25, 0.3) is 9.05 Å². The smallest absolute Gasteiger partial charge is 0.270 e. The molecule has 1 heterocycles. The first-order valence-electron chi connectivity index (χ1n) is 6.25. The lowest BCUT2D eigenvalue weighted by atomic mass is 10.1. The predicted octanol–water partition coefficient (Wildman–Crippen LogP) is 2.52. The van der Waals surface area contributed by atoms with Crippen LogP contribution in [-0.2, 0) is 20.3 Å². The lowest BCUT2D eigenvalue weighted by molar-refractivity contribution is -0.120. The molecule has 2 rings (SSSR count). The number of thiophene rings is 1. The van der Waals surface area contributed by atoms with Crippen LogP contribution in [0.4, 0.5) is 0 Å². The average molecular weight is 322 g/mol. The van der Waals surface area contributed by atoms with E-state index in [1.807, 2.05) is 0 Å². The molecule has 1 fully saturated rings. The fourth-order valence-electron chi connectivity index (χ4n) is 2.28. The minimum absolute atomic E-state index is 0.0627. The molecule has 0 aromatic carbocycles. The number of rotatable bonds is 5. The van der Waals surface area contributed by atoms with Crippen LogP contribution in [0.3, 0.4) is 0 Å². The largest absolute Gasteiger partial charge is 0.356 e. The van der Waals surface area contributed by atoms with Crippen LogP contribution in [0.25, 0.3) is 0 Å². The summed E-state index contributed by atoms with van der Waals surface area (Å²) in [5, 5.41) is 2.91. The molecular formula is C12H16ClNO3S2. The van der Waals surface area contributed by atoms with Crippen molar-refractivity contribution >= 4 is 37.0 Å². The molecule has 1 aromatic rings. The molecular weight excluding hydrogens is 306 g/mol. The zero-order valence-corrected chi connectivity index (χ0v) is 12.8. The van der Waals surface area contributed by atoms with Crippen LogP contribution >= 0.6 is 22.0 Å². The number of nitrogens with one attached hydrogen (secondary N) is 1. The Kier molecular flexibility index (Phi) is 4.86. The Balaban J connectivity index is 1.83. The second-order valence-electron chi connectivity index (χ2n) is 4.79. The topological polar surface area (TPSA) is 63.2 Å². The Bertz CT molecular complexity index is 547. The van der Waals surface area contributed by atoms with Gasteiger partial charge in [0.1, 0.15) is 4.21 Å². The fourth-order valence-corrected chi connectivity index (χ4v) is 4.40. The third-order valence-corrected chi connectivity index (χ3v) is 6.45. The van der Waals surface area contributed by atoms with Gasteiger partial charge in [-0.15, -0.1) is 11.3 Å². The Morgan fingerprint density at radius 3 is 2.63 bits per heavy atom. The van der Waals surface area contributed by atoms with E-state index < -0.39 is 9.05 Å². The van der Waals surface area contributed by atoms with Crippen molar-refractivity contribution in [3.05, 3.63) is 17.0 Å². The maximum Gasteiger partial charge on any atom is 0.270 e. The third kappa shape index (κ3) is 4.47. The molecule has 1 amide bonds. The van der Waals surface area contributed by atoms with E-state index in [4.69, 9.17) is 10.7 Å². The molecule has 0 bridgehead atoms. The Morgan fingerprint density at radius 1 is 1.37 bits per heavy atom. The van der Waals surface area contributed by atoms with E-state index in [1.54, 1.807) is 6.07 Å². The molecule has 7 heteroatoms. The molecule has 0 saturated heterocycles. The van der Waals surface area contributed by atoms with Gasteiger partial charge >= 0.3 is 0 Å². The Hall–Kier alpha value is -0.590. The van der Waals surface area contributed by atoms with Crippen LogP contribution in [0, 0.1) is 5.92 Å². The van der Waals surface area contributed by atoms with E-state index in [0.29, 0.717) is 10.8 Å². The maximum atomic E-state index is 11.7. The Morgan fingerprint density at radius 2 is 2.05 bits per heavy atom. The molecule has 1 aromatic heterocycles. The Labute approximate surface area is 121 Å². The molecule has 0 aliphatic heterocycles. The average Bonchev–Trinajstić information content (AvgIpc) is 2.95. The summed E-state index contributed by atoms with van der Waals surface area (Å²) in [6.45, 7) is 0.727. The molecule has 106 valence electrons. The molecule has 0 radical (unpaired) electrons. The van der Waals surface area contributed by atoms with Crippen LogP contribution in [0.15, 0.2) is 16.3 Å². The van der Waals surface area contributed by atoms with E-state index in [-0.39, 0.29) is 16.5 Å². The van der Waals surface area contributed by atoms with Gasteiger partial charge in [-0.3, -0.25) is 4.79 Å². The van der Waals surface area contributed by atoms with Crippen LogP contribution in [0.5, 0.6) is 0 Å². The van der Waals surface area contributed by atoms with Gasteiger partial charge in [-0.1, -0.05) is 12.8 Å². The molecule has 19 heavy (non-hydrogen) atoms. The van der Waals surface area contributed by atoms with Gasteiger partial charge in [0, 0.05) is 22.1 Å². The molecule has 0 unspecified atom stereocenters. The van der Waals surface area contributed by atoms with Crippen molar-refractivity contribution in [3.8, 4) is 0 Å². The lowest BCUT2D eigenvalue weighted by Crippen LogP contribution is -2.29. The summed E-state index contributed by atoms with van der Waals surface area (Å²) in [5.74, 6) is 0.540. The number of halogens is 1. The van der Waals surface area contributed by atoms with Gasteiger partial charge in [-0.2, -0.15) is 0 Å². The summed E-state index contributed by atoms with van der Waals surface area (Å²) in [4.78, 5) is 12.5. The van der Waals surface area contributed by atoms with Crippen molar-refractivity contribution in [2.45, 2.75) is 36.3 Å². The van der Waals surface area contributed by atoms with E-state index in [2.05, 4.69) is 5.32 Å². The van der Waals surface area contributed by atoms with Crippen molar-refractivity contribution in [2.75, 3.05) is 6.54 Å². The van der Waals surface area contributed by atoms with E-state index >= 15 is 0 Å². The summed E-state index contributed by atoms with van der Waals surface area (Å²) in [6, 6.07) is 3.07. The SMILES string of the molecule is O=C(Cc1ccc(S(=O)(=O)Cl)s1)NCC1CCCC1. The number of amides is 1. The molecule has 1 saturated carbocycles. The standard InChI is InChI=1S/C12H16ClNO3S2/c13-19(16,17)12-6-5-10(18-12)7-11(15)14-8-9-3-1-2-4-9/h5-6,9H,1-4,7-8H2,(H,14,15). The van der Waals surface area contributed by atoms with Gasteiger partial charge in [-0.25, -0.2) is 8.42 Å². The zero-order valence-electron chi connectivity index (χ0n) is 10.4. The normalized spacial score (nSPS) is 16.7. The minimum atomic E-state index is -3.68. The molecule has 0 atom stereocenters. The van der Waals surface area contributed by atoms with Gasteiger partial charge in [0.15, 0.2) is 0 Å². The van der Waals surface area contributed by atoms with Crippen molar-refractivity contribution < 1.29 is 13.2 Å². The molecule has 0 spiro atoms. The first kappa shape index (κ1) is 14.8. The number of carbonyl (C=O) groups excluding carboxylic acids is 1. The molecule has 1 aliphatic carbocycles. The minimum Gasteiger partial charge on any atom is -0.356 e. The first-order valence-corrected chi connectivity index (χ1v) is 9.38. The summed E-state index contributed by atoms with van der Waals surface area (Å²) < 4.78 is 22.3. The van der Waals surface area contributed by atoms with Crippen LogP contribution < -0.4 is 5.32 Å². The molecule has 4 nitrogen and oxygen atoms in total. The predicted molar refractivity (Wildman–Crippen MR) is 76.0 cm³/mol.